The van der Waals surface area contributed by atoms with Gasteiger partial charge in [-0.25, -0.2) is 5.43 Å². The second-order valence-electron chi connectivity index (χ2n) is 7.18. The predicted molar refractivity (Wildman–Crippen MR) is 132 cm³/mol. The van der Waals surface area contributed by atoms with Crippen molar-refractivity contribution in [3.8, 4) is 28.7 Å². The summed E-state index contributed by atoms with van der Waals surface area (Å²) in [5.41, 5.74) is 2.22. The minimum atomic E-state index is -0.779. The van der Waals surface area contributed by atoms with E-state index >= 15 is 0 Å². The highest BCUT2D eigenvalue weighted by molar-refractivity contribution is 5.95. The lowest BCUT2D eigenvalue weighted by Gasteiger charge is -2.11. The molecule has 0 aliphatic heterocycles. The van der Waals surface area contributed by atoms with E-state index in [4.69, 9.17) is 18.9 Å². The number of methoxy groups -OCH3 is 2. The number of hydrogen-bond donors (Lipinski definition) is 1. The van der Waals surface area contributed by atoms with E-state index in [1.807, 2.05) is 6.92 Å². The van der Waals surface area contributed by atoms with Crippen LogP contribution in [0, 0.1) is 20.2 Å². The van der Waals surface area contributed by atoms with Gasteiger partial charge < -0.3 is 18.9 Å². The van der Waals surface area contributed by atoms with E-state index in [9.17, 15) is 25.0 Å². The summed E-state index contributed by atoms with van der Waals surface area (Å²) in [5, 5.41) is 26.2. The van der Waals surface area contributed by atoms with Gasteiger partial charge in [0.05, 0.1) is 43.0 Å². The van der Waals surface area contributed by atoms with E-state index in [1.165, 1.54) is 38.6 Å². The summed E-state index contributed by atoms with van der Waals surface area (Å²) >= 11 is 0. The van der Waals surface area contributed by atoms with Gasteiger partial charge in [-0.1, -0.05) is 0 Å². The Hall–Kier alpha value is -5.20. The van der Waals surface area contributed by atoms with Crippen molar-refractivity contribution in [2.24, 2.45) is 5.10 Å². The molecule has 0 saturated carbocycles. The molecule has 3 aromatic carbocycles. The van der Waals surface area contributed by atoms with E-state index < -0.39 is 27.1 Å². The SMILES string of the molecule is CCOc1ccc(C(=O)N/N=C/c2ccc(Oc3ccc([N+](=O)[O-])cc3[N+](=O)[O-])c(OC)c2)cc1OC. The summed E-state index contributed by atoms with van der Waals surface area (Å²) in [7, 11) is 2.84. The lowest BCUT2D eigenvalue weighted by molar-refractivity contribution is -0.394. The summed E-state index contributed by atoms with van der Waals surface area (Å²) in [6.45, 7) is 2.28. The molecule has 1 amide bonds. The van der Waals surface area contributed by atoms with Gasteiger partial charge in [-0.15, -0.1) is 0 Å². The fourth-order valence-electron chi connectivity index (χ4n) is 3.13. The summed E-state index contributed by atoms with van der Waals surface area (Å²) in [6, 6.07) is 12.4. The fraction of sp³-hybridized carbons (Fsp3) is 0.167. The number of nitrogens with one attached hydrogen (secondary N) is 1. The topological polar surface area (TPSA) is 165 Å². The third kappa shape index (κ3) is 6.48. The molecule has 3 rings (SSSR count). The van der Waals surface area contributed by atoms with Crippen LogP contribution in [0.4, 0.5) is 11.4 Å². The molecule has 0 atom stereocenters. The van der Waals surface area contributed by atoms with Crippen LogP contribution in [0.3, 0.4) is 0 Å². The van der Waals surface area contributed by atoms with Crippen LogP contribution in [0.5, 0.6) is 28.7 Å². The highest BCUT2D eigenvalue weighted by Gasteiger charge is 2.22. The Morgan fingerprint density at radius 3 is 2.22 bits per heavy atom. The molecule has 0 unspecified atom stereocenters. The Labute approximate surface area is 210 Å². The minimum absolute atomic E-state index is 0.127. The summed E-state index contributed by atoms with van der Waals surface area (Å²) in [6.07, 6.45) is 1.37. The Balaban J connectivity index is 1.75. The van der Waals surface area contributed by atoms with E-state index in [2.05, 4.69) is 10.5 Å². The quantitative estimate of drug-likeness (QED) is 0.222. The number of ether oxygens (including phenoxy) is 4. The first kappa shape index (κ1) is 26.4. The van der Waals surface area contributed by atoms with E-state index in [-0.39, 0.29) is 17.2 Å². The van der Waals surface area contributed by atoms with Crippen molar-refractivity contribution in [1.29, 1.82) is 0 Å². The molecular formula is C24H22N4O9. The van der Waals surface area contributed by atoms with Crippen molar-refractivity contribution < 1.29 is 33.6 Å². The van der Waals surface area contributed by atoms with Gasteiger partial charge in [0, 0.05) is 11.6 Å². The van der Waals surface area contributed by atoms with Gasteiger partial charge in [-0.05, 0) is 55.0 Å². The number of nitro groups is 2. The average Bonchev–Trinajstić information content (AvgIpc) is 2.89. The van der Waals surface area contributed by atoms with Crippen LogP contribution in [-0.4, -0.2) is 42.8 Å². The van der Waals surface area contributed by atoms with Crippen LogP contribution in [0.2, 0.25) is 0 Å². The Morgan fingerprint density at radius 2 is 1.57 bits per heavy atom. The zero-order valence-corrected chi connectivity index (χ0v) is 20.0. The van der Waals surface area contributed by atoms with Crippen molar-refractivity contribution >= 4 is 23.5 Å². The number of amides is 1. The smallest absolute Gasteiger partial charge is 0.318 e. The zero-order valence-electron chi connectivity index (χ0n) is 20.0. The summed E-state index contributed by atoms with van der Waals surface area (Å²) in [4.78, 5) is 33.2. The Kier molecular flexibility index (Phi) is 8.54. The van der Waals surface area contributed by atoms with Crippen molar-refractivity contribution in [3.63, 3.8) is 0 Å². The first-order chi connectivity index (χ1) is 17.8. The molecule has 3 aromatic rings. The van der Waals surface area contributed by atoms with E-state index in [0.29, 0.717) is 29.2 Å². The molecule has 1 N–H and O–H groups in total. The van der Waals surface area contributed by atoms with Crippen molar-refractivity contribution in [2.75, 3.05) is 20.8 Å². The van der Waals surface area contributed by atoms with E-state index in [0.717, 1.165) is 18.2 Å². The molecule has 0 heterocycles. The standard InChI is InChI=1S/C24H22N4O9/c1-4-36-20-9-6-16(12-23(20)35-3)24(29)26-25-14-15-5-8-21(22(11-15)34-2)37-19-10-7-17(27(30)31)13-18(19)28(32)33/h5-14H,4H2,1-3H3,(H,26,29)/b25-14+. The number of hydrogen-bond acceptors (Lipinski definition) is 10. The zero-order chi connectivity index (χ0) is 26.9. The molecule has 0 radical (unpaired) electrons. The van der Waals surface area contributed by atoms with E-state index in [1.54, 1.807) is 18.2 Å². The number of hydrazone groups is 1. The maximum atomic E-state index is 12.4. The fourth-order valence-corrected chi connectivity index (χ4v) is 3.13. The monoisotopic (exact) mass is 510 g/mol. The maximum Gasteiger partial charge on any atom is 0.318 e. The van der Waals surface area contributed by atoms with Gasteiger partial charge in [-0.2, -0.15) is 5.10 Å². The molecule has 0 aliphatic carbocycles. The minimum Gasteiger partial charge on any atom is -0.493 e. The number of non-ortho nitro benzene ring substituents is 1. The van der Waals surface area contributed by atoms with Gasteiger partial charge in [0.15, 0.2) is 23.0 Å². The number of nitrogens with zero attached hydrogens (tertiary/aromatic N) is 3. The lowest BCUT2D eigenvalue weighted by atomic mass is 10.2. The molecule has 0 spiro atoms. The highest BCUT2D eigenvalue weighted by atomic mass is 16.6. The second kappa shape index (κ2) is 12.0. The molecule has 0 aliphatic rings. The maximum absolute atomic E-state index is 12.4. The number of benzene rings is 3. The van der Waals surface area contributed by atoms with Gasteiger partial charge >= 0.3 is 5.69 Å². The van der Waals surface area contributed by atoms with Crippen LogP contribution in [0.15, 0.2) is 59.7 Å². The number of rotatable bonds is 11. The highest BCUT2D eigenvalue weighted by Crippen LogP contribution is 2.38. The number of carbonyl (C=O) groups is 1. The molecule has 13 heteroatoms. The predicted octanol–water partition coefficient (Wildman–Crippen LogP) is 4.48. The summed E-state index contributed by atoms with van der Waals surface area (Å²) < 4.78 is 21.6. The molecule has 0 fully saturated rings. The molecule has 37 heavy (non-hydrogen) atoms. The van der Waals surface area contributed by atoms with Crippen LogP contribution >= 0.6 is 0 Å². The van der Waals surface area contributed by atoms with Gasteiger partial charge in [0.1, 0.15) is 0 Å². The average molecular weight is 510 g/mol. The molecule has 13 nitrogen and oxygen atoms in total. The van der Waals surface area contributed by atoms with Crippen LogP contribution in [0.25, 0.3) is 0 Å². The normalized spacial score (nSPS) is 10.6. The largest absolute Gasteiger partial charge is 0.493 e. The molecule has 0 saturated heterocycles. The number of nitro benzene ring substituents is 2. The van der Waals surface area contributed by atoms with Crippen molar-refractivity contribution in [2.45, 2.75) is 6.92 Å². The van der Waals surface area contributed by atoms with Gasteiger partial charge in [0.2, 0.25) is 5.75 Å². The molecule has 192 valence electrons. The third-order valence-corrected chi connectivity index (χ3v) is 4.86. The van der Waals surface area contributed by atoms with Gasteiger partial charge in [0.25, 0.3) is 11.6 Å². The first-order valence-electron chi connectivity index (χ1n) is 10.7. The Morgan fingerprint density at radius 1 is 0.892 bits per heavy atom. The van der Waals surface area contributed by atoms with Crippen molar-refractivity contribution in [1.82, 2.24) is 5.43 Å². The molecule has 0 aromatic heterocycles. The second-order valence-corrected chi connectivity index (χ2v) is 7.18. The summed E-state index contributed by atoms with van der Waals surface area (Å²) in [5.74, 6) is 0.579. The van der Waals surface area contributed by atoms with Gasteiger partial charge in [-0.3, -0.25) is 25.0 Å². The molecular weight excluding hydrogens is 488 g/mol. The van der Waals surface area contributed by atoms with Crippen LogP contribution in [0.1, 0.15) is 22.8 Å². The third-order valence-electron chi connectivity index (χ3n) is 4.86. The van der Waals surface area contributed by atoms with Crippen LogP contribution < -0.4 is 24.4 Å². The Bertz CT molecular complexity index is 1360. The number of carbonyl (C=O) groups excluding carboxylic acids is 1. The molecule has 0 bridgehead atoms. The lowest BCUT2D eigenvalue weighted by Crippen LogP contribution is -2.17. The van der Waals surface area contributed by atoms with Crippen molar-refractivity contribution in [3.05, 3.63) is 86.0 Å². The van der Waals surface area contributed by atoms with Crippen LogP contribution in [-0.2, 0) is 0 Å². The first-order valence-corrected chi connectivity index (χ1v) is 10.7.